The highest BCUT2D eigenvalue weighted by molar-refractivity contribution is 8.14. The third-order valence-corrected chi connectivity index (χ3v) is 4.85. The van der Waals surface area contributed by atoms with Gasteiger partial charge in [0.2, 0.25) is 10.1 Å². The summed E-state index contributed by atoms with van der Waals surface area (Å²) in [6.07, 6.45) is -4.57. The fraction of sp³-hybridized carbons (Fsp3) is 0.231. The second-order valence-electron chi connectivity index (χ2n) is 4.53. The fourth-order valence-electron chi connectivity index (χ4n) is 1.82. The van der Waals surface area contributed by atoms with Gasteiger partial charge in [-0.15, -0.1) is 22.0 Å². The zero-order valence-corrected chi connectivity index (χ0v) is 13.0. The smallest absolute Gasteiger partial charge is 0.299 e. The van der Waals surface area contributed by atoms with Crippen LogP contribution in [0.2, 0.25) is 0 Å². The highest BCUT2D eigenvalue weighted by atomic mass is 32.2. The third-order valence-electron chi connectivity index (χ3n) is 2.87. The Kier molecular flexibility index (Phi) is 4.35. The monoisotopic (exact) mass is 358 g/mol. The maximum atomic E-state index is 12.4. The molecule has 3 rings (SSSR count). The molecule has 2 heterocycles. The van der Waals surface area contributed by atoms with Gasteiger partial charge >= 0.3 is 6.18 Å². The summed E-state index contributed by atoms with van der Waals surface area (Å²) in [5.74, 6) is -0.0608. The van der Waals surface area contributed by atoms with Crippen LogP contribution < -0.4 is 5.32 Å². The SMILES string of the molecule is O=C(Nc1nnc(C(F)(F)F)s1)[C@@H]1CSC(c2ccccc2)=N1. The van der Waals surface area contributed by atoms with Crippen LogP contribution in [-0.4, -0.2) is 32.9 Å². The molecule has 120 valence electrons. The lowest BCUT2D eigenvalue weighted by molar-refractivity contribution is -0.138. The van der Waals surface area contributed by atoms with Crippen LogP contribution in [0.4, 0.5) is 18.3 Å². The van der Waals surface area contributed by atoms with Crippen molar-refractivity contribution < 1.29 is 18.0 Å². The number of benzene rings is 1. The summed E-state index contributed by atoms with van der Waals surface area (Å²) in [6, 6.07) is 8.71. The number of carbonyl (C=O) groups excluding carboxylic acids is 1. The molecule has 0 bridgehead atoms. The van der Waals surface area contributed by atoms with E-state index in [1.807, 2.05) is 30.3 Å². The Balaban J connectivity index is 1.68. The number of hydrogen-bond acceptors (Lipinski definition) is 6. The topological polar surface area (TPSA) is 67.2 Å². The van der Waals surface area contributed by atoms with Crippen LogP contribution in [0, 0.1) is 0 Å². The van der Waals surface area contributed by atoms with E-state index in [1.54, 1.807) is 0 Å². The maximum Gasteiger partial charge on any atom is 0.445 e. The molecule has 1 aromatic heterocycles. The van der Waals surface area contributed by atoms with Crippen molar-refractivity contribution in [3.63, 3.8) is 0 Å². The molecule has 0 saturated carbocycles. The Labute approximate surface area is 137 Å². The molecule has 1 aromatic carbocycles. The van der Waals surface area contributed by atoms with Crippen molar-refractivity contribution in [2.45, 2.75) is 12.2 Å². The zero-order valence-electron chi connectivity index (χ0n) is 11.4. The minimum absolute atomic E-state index is 0.185. The molecular weight excluding hydrogens is 349 g/mol. The van der Waals surface area contributed by atoms with Crippen molar-refractivity contribution in [2.75, 3.05) is 11.1 Å². The number of carbonyl (C=O) groups is 1. The molecule has 1 amide bonds. The third kappa shape index (κ3) is 3.70. The van der Waals surface area contributed by atoms with Gasteiger partial charge in [-0.05, 0) is 0 Å². The van der Waals surface area contributed by atoms with E-state index in [4.69, 9.17) is 0 Å². The van der Waals surface area contributed by atoms with Crippen LogP contribution in [0.25, 0.3) is 0 Å². The lowest BCUT2D eigenvalue weighted by atomic mass is 10.2. The number of nitrogens with one attached hydrogen (secondary N) is 1. The second kappa shape index (κ2) is 6.28. The molecule has 0 fully saturated rings. The molecular formula is C13H9F3N4OS2. The van der Waals surface area contributed by atoms with E-state index in [9.17, 15) is 18.0 Å². The molecule has 10 heteroatoms. The first kappa shape index (κ1) is 15.9. The number of rotatable bonds is 3. The van der Waals surface area contributed by atoms with Gasteiger partial charge in [0.15, 0.2) is 0 Å². The Hall–Kier alpha value is -1.94. The minimum atomic E-state index is -4.57. The van der Waals surface area contributed by atoms with Crippen molar-refractivity contribution in [2.24, 2.45) is 4.99 Å². The first-order valence-electron chi connectivity index (χ1n) is 6.41. The summed E-state index contributed by atoms with van der Waals surface area (Å²) < 4.78 is 37.3. The summed E-state index contributed by atoms with van der Waals surface area (Å²) >= 11 is 1.72. The fourth-order valence-corrected chi connectivity index (χ4v) is 3.48. The molecule has 23 heavy (non-hydrogen) atoms. The quantitative estimate of drug-likeness (QED) is 0.916. The van der Waals surface area contributed by atoms with Gasteiger partial charge in [-0.25, -0.2) is 0 Å². The number of aliphatic imine (C=N–C) groups is 1. The predicted octanol–water partition coefficient (Wildman–Crippen LogP) is 3.06. The lowest BCUT2D eigenvalue weighted by Gasteiger charge is -2.04. The van der Waals surface area contributed by atoms with Crippen molar-refractivity contribution in [3.05, 3.63) is 40.9 Å². The van der Waals surface area contributed by atoms with Crippen LogP contribution in [0.15, 0.2) is 35.3 Å². The molecule has 0 spiro atoms. The molecule has 0 saturated heterocycles. The van der Waals surface area contributed by atoms with Gasteiger partial charge in [-0.1, -0.05) is 41.7 Å². The highest BCUT2D eigenvalue weighted by Crippen LogP contribution is 2.33. The molecule has 1 aliphatic heterocycles. The van der Waals surface area contributed by atoms with E-state index in [0.717, 1.165) is 10.6 Å². The van der Waals surface area contributed by atoms with Crippen LogP contribution in [0.3, 0.4) is 0 Å². The number of hydrogen-bond donors (Lipinski definition) is 1. The number of nitrogens with zero attached hydrogens (tertiary/aromatic N) is 3. The number of anilines is 1. The zero-order chi connectivity index (χ0) is 16.4. The van der Waals surface area contributed by atoms with E-state index < -0.39 is 23.1 Å². The van der Waals surface area contributed by atoms with E-state index in [-0.39, 0.29) is 16.5 Å². The summed E-state index contributed by atoms with van der Waals surface area (Å²) in [7, 11) is 0. The number of alkyl halides is 3. The first-order chi connectivity index (χ1) is 10.9. The van der Waals surface area contributed by atoms with Crippen molar-refractivity contribution in [1.82, 2.24) is 10.2 Å². The number of aromatic nitrogens is 2. The van der Waals surface area contributed by atoms with Gasteiger partial charge in [-0.3, -0.25) is 15.1 Å². The highest BCUT2D eigenvalue weighted by Gasteiger charge is 2.36. The van der Waals surface area contributed by atoms with Gasteiger partial charge in [0.1, 0.15) is 6.04 Å². The Bertz CT molecular complexity index is 745. The van der Waals surface area contributed by atoms with E-state index in [1.165, 1.54) is 11.8 Å². The molecule has 5 nitrogen and oxygen atoms in total. The summed E-state index contributed by atoms with van der Waals surface area (Å²) in [5.41, 5.74) is 0.906. The average Bonchev–Trinajstić information content (AvgIpc) is 3.16. The molecule has 1 atom stereocenters. The summed E-state index contributed by atoms with van der Waals surface area (Å²) in [5, 5.41) is 8.14. The van der Waals surface area contributed by atoms with E-state index >= 15 is 0 Å². The lowest BCUT2D eigenvalue weighted by Crippen LogP contribution is -2.26. The molecule has 1 aliphatic rings. The Morgan fingerprint density at radius 2 is 1.96 bits per heavy atom. The summed E-state index contributed by atoms with van der Waals surface area (Å²) in [6.45, 7) is 0. The van der Waals surface area contributed by atoms with Crippen LogP contribution in [-0.2, 0) is 11.0 Å². The Morgan fingerprint density at radius 1 is 1.22 bits per heavy atom. The molecule has 0 radical (unpaired) electrons. The van der Waals surface area contributed by atoms with Crippen molar-refractivity contribution >= 4 is 39.2 Å². The van der Waals surface area contributed by atoms with Crippen molar-refractivity contribution in [1.29, 1.82) is 0 Å². The summed E-state index contributed by atoms with van der Waals surface area (Å²) in [4.78, 5) is 16.4. The van der Waals surface area contributed by atoms with Gasteiger partial charge in [0.05, 0.1) is 5.04 Å². The standard InChI is InChI=1S/C13H9F3N4OS2/c14-13(15,16)11-19-20-12(23-11)18-9(21)8-6-22-10(17-8)7-4-2-1-3-5-7/h1-5,8H,6H2,(H,18,20,21)/t8-/m0/s1. The predicted molar refractivity (Wildman–Crippen MR) is 82.8 cm³/mol. The van der Waals surface area contributed by atoms with Gasteiger partial charge in [0.25, 0.3) is 5.91 Å². The van der Waals surface area contributed by atoms with Gasteiger partial charge in [-0.2, -0.15) is 13.2 Å². The second-order valence-corrected chi connectivity index (χ2v) is 6.51. The van der Waals surface area contributed by atoms with Gasteiger partial charge in [0, 0.05) is 11.3 Å². The minimum Gasteiger partial charge on any atom is -0.299 e. The van der Waals surface area contributed by atoms with Crippen LogP contribution in [0.1, 0.15) is 10.6 Å². The molecule has 1 N–H and O–H groups in total. The maximum absolute atomic E-state index is 12.4. The molecule has 0 unspecified atom stereocenters. The Morgan fingerprint density at radius 3 is 2.61 bits per heavy atom. The first-order valence-corrected chi connectivity index (χ1v) is 8.21. The number of amides is 1. The van der Waals surface area contributed by atoms with Crippen LogP contribution >= 0.6 is 23.1 Å². The van der Waals surface area contributed by atoms with Gasteiger partial charge < -0.3 is 0 Å². The van der Waals surface area contributed by atoms with E-state index in [0.29, 0.717) is 5.75 Å². The normalized spacial score (nSPS) is 17.9. The average molecular weight is 358 g/mol. The van der Waals surface area contributed by atoms with Crippen LogP contribution in [0.5, 0.6) is 0 Å². The van der Waals surface area contributed by atoms with E-state index in [2.05, 4.69) is 20.5 Å². The molecule has 0 aliphatic carbocycles. The largest absolute Gasteiger partial charge is 0.445 e. The number of thioether (sulfide) groups is 1. The molecule has 2 aromatic rings. The van der Waals surface area contributed by atoms with Crippen molar-refractivity contribution in [3.8, 4) is 0 Å². The number of halogens is 3.